The molecule has 2 rings (SSSR count). The van der Waals surface area contributed by atoms with Crippen molar-refractivity contribution in [2.24, 2.45) is 0 Å². The van der Waals surface area contributed by atoms with E-state index < -0.39 is 0 Å². The summed E-state index contributed by atoms with van der Waals surface area (Å²) in [5, 5.41) is 7.01. The zero-order valence-electron chi connectivity index (χ0n) is 13.2. The SMILES string of the molecule is CCCC(C)(C)NC(=O)c1cc(NC)nc2ccccc12. The van der Waals surface area contributed by atoms with E-state index in [1.54, 1.807) is 13.1 Å². The molecule has 0 aliphatic carbocycles. The third-order valence-electron chi connectivity index (χ3n) is 3.54. The molecule has 0 saturated heterocycles. The Bertz CT molecular complexity index is 650. The molecule has 0 atom stereocenters. The number of anilines is 1. The molecule has 1 heterocycles. The van der Waals surface area contributed by atoms with Gasteiger partial charge in [-0.25, -0.2) is 4.98 Å². The molecule has 21 heavy (non-hydrogen) atoms. The van der Waals surface area contributed by atoms with Crippen molar-refractivity contribution in [3.63, 3.8) is 0 Å². The van der Waals surface area contributed by atoms with Crippen LogP contribution in [0.15, 0.2) is 30.3 Å². The second-order valence-corrected chi connectivity index (χ2v) is 5.91. The van der Waals surface area contributed by atoms with Crippen molar-refractivity contribution >= 4 is 22.6 Å². The summed E-state index contributed by atoms with van der Waals surface area (Å²) in [6.07, 6.45) is 1.98. The van der Waals surface area contributed by atoms with Gasteiger partial charge in [0.1, 0.15) is 5.82 Å². The fourth-order valence-electron chi connectivity index (χ4n) is 2.55. The van der Waals surface area contributed by atoms with E-state index >= 15 is 0 Å². The van der Waals surface area contributed by atoms with Gasteiger partial charge in [0, 0.05) is 18.0 Å². The highest BCUT2D eigenvalue weighted by Gasteiger charge is 2.21. The van der Waals surface area contributed by atoms with Gasteiger partial charge in [0.2, 0.25) is 0 Å². The maximum absolute atomic E-state index is 12.7. The van der Waals surface area contributed by atoms with E-state index in [0.29, 0.717) is 11.4 Å². The molecule has 0 spiro atoms. The lowest BCUT2D eigenvalue weighted by Crippen LogP contribution is -2.43. The molecule has 2 aromatic rings. The normalized spacial score (nSPS) is 11.4. The predicted octanol–water partition coefficient (Wildman–Crippen LogP) is 3.59. The first-order valence-electron chi connectivity index (χ1n) is 7.37. The Kier molecular flexibility index (Phi) is 4.46. The maximum atomic E-state index is 12.7. The van der Waals surface area contributed by atoms with Crippen LogP contribution in [-0.2, 0) is 0 Å². The number of pyridine rings is 1. The van der Waals surface area contributed by atoms with Crippen molar-refractivity contribution in [2.75, 3.05) is 12.4 Å². The van der Waals surface area contributed by atoms with Crippen LogP contribution in [-0.4, -0.2) is 23.5 Å². The Morgan fingerprint density at radius 3 is 2.67 bits per heavy atom. The average Bonchev–Trinajstić information content (AvgIpc) is 2.45. The van der Waals surface area contributed by atoms with Gasteiger partial charge in [0.25, 0.3) is 5.91 Å². The molecule has 0 fully saturated rings. The van der Waals surface area contributed by atoms with Crippen molar-refractivity contribution in [1.82, 2.24) is 10.3 Å². The quantitative estimate of drug-likeness (QED) is 0.882. The third kappa shape index (κ3) is 3.51. The topological polar surface area (TPSA) is 54.0 Å². The summed E-state index contributed by atoms with van der Waals surface area (Å²) < 4.78 is 0. The second kappa shape index (κ2) is 6.12. The summed E-state index contributed by atoms with van der Waals surface area (Å²) in [6.45, 7) is 6.22. The van der Waals surface area contributed by atoms with Crippen molar-refractivity contribution in [2.45, 2.75) is 39.2 Å². The van der Waals surface area contributed by atoms with E-state index in [-0.39, 0.29) is 11.4 Å². The van der Waals surface area contributed by atoms with Gasteiger partial charge in [-0.1, -0.05) is 31.5 Å². The van der Waals surface area contributed by atoms with Gasteiger partial charge >= 0.3 is 0 Å². The molecule has 0 radical (unpaired) electrons. The third-order valence-corrected chi connectivity index (χ3v) is 3.54. The zero-order chi connectivity index (χ0) is 15.5. The molecule has 4 heteroatoms. The Labute approximate surface area is 126 Å². The summed E-state index contributed by atoms with van der Waals surface area (Å²) >= 11 is 0. The molecule has 2 N–H and O–H groups in total. The highest BCUT2D eigenvalue weighted by Crippen LogP contribution is 2.22. The summed E-state index contributed by atoms with van der Waals surface area (Å²) in [7, 11) is 1.81. The predicted molar refractivity (Wildman–Crippen MR) is 87.7 cm³/mol. The Morgan fingerprint density at radius 1 is 1.29 bits per heavy atom. The minimum atomic E-state index is -0.212. The van der Waals surface area contributed by atoms with Gasteiger partial charge in [-0.2, -0.15) is 0 Å². The van der Waals surface area contributed by atoms with Gasteiger partial charge in [-0.05, 0) is 32.4 Å². The highest BCUT2D eigenvalue weighted by molar-refractivity contribution is 6.07. The number of nitrogens with one attached hydrogen (secondary N) is 2. The molecule has 0 unspecified atom stereocenters. The summed E-state index contributed by atoms with van der Waals surface area (Å²) in [5.74, 6) is 0.649. The lowest BCUT2D eigenvalue weighted by molar-refractivity contribution is 0.0910. The van der Waals surface area contributed by atoms with Crippen LogP contribution >= 0.6 is 0 Å². The molecule has 4 nitrogen and oxygen atoms in total. The number of rotatable bonds is 5. The maximum Gasteiger partial charge on any atom is 0.252 e. The first kappa shape index (κ1) is 15.3. The van der Waals surface area contributed by atoms with Crippen molar-refractivity contribution in [1.29, 1.82) is 0 Å². The van der Waals surface area contributed by atoms with E-state index in [1.165, 1.54) is 0 Å². The number of hydrogen-bond donors (Lipinski definition) is 2. The van der Waals surface area contributed by atoms with Crippen molar-refractivity contribution < 1.29 is 4.79 Å². The van der Waals surface area contributed by atoms with Crippen molar-refractivity contribution in [3.05, 3.63) is 35.9 Å². The zero-order valence-corrected chi connectivity index (χ0v) is 13.2. The smallest absolute Gasteiger partial charge is 0.252 e. The Hall–Kier alpha value is -2.10. The molecule has 0 saturated carbocycles. The first-order chi connectivity index (χ1) is 9.96. The largest absolute Gasteiger partial charge is 0.373 e. The van der Waals surface area contributed by atoms with Crippen LogP contribution in [0.25, 0.3) is 10.9 Å². The molecule has 0 aliphatic heterocycles. The fraction of sp³-hybridized carbons (Fsp3) is 0.412. The van der Waals surface area contributed by atoms with Gasteiger partial charge < -0.3 is 10.6 Å². The number of amides is 1. The van der Waals surface area contributed by atoms with E-state index in [2.05, 4.69) is 36.4 Å². The molecule has 1 aromatic heterocycles. The molecule has 0 aliphatic rings. The number of carbonyl (C=O) groups is 1. The summed E-state index contributed by atoms with van der Waals surface area (Å²) in [6, 6.07) is 9.52. The molecular weight excluding hydrogens is 262 g/mol. The number of para-hydroxylation sites is 1. The van der Waals surface area contributed by atoms with E-state index in [1.807, 2.05) is 24.3 Å². The number of nitrogens with zero attached hydrogens (tertiary/aromatic N) is 1. The number of hydrogen-bond acceptors (Lipinski definition) is 3. The van der Waals surface area contributed by atoms with E-state index in [0.717, 1.165) is 23.7 Å². The van der Waals surface area contributed by atoms with Crippen LogP contribution in [0.1, 0.15) is 44.0 Å². The second-order valence-electron chi connectivity index (χ2n) is 5.91. The number of carbonyl (C=O) groups excluding carboxylic acids is 1. The molecule has 0 bridgehead atoms. The van der Waals surface area contributed by atoms with Crippen LogP contribution in [0.4, 0.5) is 5.82 Å². The number of aromatic nitrogens is 1. The van der Waals surface area contributed by atoms with E-state index in [9.17, 15) is 4.79 Å². The standard InChI is InChI=1S/C17H23N3O/c1-5-10-17(2,3)20-16(21)13-11-15(18-4)19-14-9-7-6-8-12(13)14/h6-9,11H,5,10H2,1-4H3,(H,18,19)(H,20,21). The van der Waals surface area contributed by atoms with Crippen LogP contribution < -0.4 is 10.6 Å². The minimum absolute atomic E-state index is 0.0523. The number of benzene rings is 1. The van der Waals surface area contributed by atoms with Crippen LogP contribution in [0, 0.1) is 0 Å². The Balaban J connectivity index is 2.42. The summed E-state index contributed by atoms with van der Waals surface area (Å²) in [4.78, 5) is 17.1. The van der Waals surface area contributed by atoms with Gasteiger partial charge in [-0.3, -0.25) is 4.79 Å². The Morgan fingerprint density at radius 2 is 2.00 bits per heavy atom. The van der Waals surface area contributed by atoms with Gasteiger partial charge in [0.05, 0.1) is 11.1 Å². The molecule has 112 valence electrons. The lowest BCUT2D eigenvalue weighted by Gasteiger charge is -2.26. The summed E-state index contributed by atoms with van der Waals surface area (Å²) in [5.41, 5.74) is 1.27. The van der Waals surface area contributed by atoms with Crippen LogP contribution in [0.3, 0.4) is 0 Å². The van der Waals surface area contributed by atoms with Crippen LogP contribution in [0.5, 0.6) is 0 Å². The van der Waals surface area contributed by atoms with E-state index in [4.69, 9.17) is 0 Å². The molecular formula is C17H23N3O. The fourth-order valence-corrected chi connectivity index (χ4v) is 2.55. The van der Waals surface area contributed by atoms with Gasteiger partial charge in [0.15, 0.2) is 0 Å². The minimum Gasteiger partial charge on any atom is -0.373 e. The van der Waals surface area contributed by atoms with Crippen molar-refractivity contribution in [3.8, 4) is 0 Å². The molecule has 1 amide bonds. The first-order valence-corrected chi connectivity index (χ1v) is 7.37. The highest BCUT2D eigenvalue weighted by atomic mass is 16.1. The monoisotopic (exact) mass is 285 g/mol. The molecule has 1 aromatic carbocycles. The van der Waals surface area contributed by atoms with Gasteiger partial charge in [-0.15, -0.1) is 0 Å². The average molecular weight is 285 g/mol. The lowest BCUT2D eigenvalue weighted by atomic mass is 9.98. The van der Waals surface area contributed by atoms with Crippen LogP contribution in [0.2, 0.25) is 0 Å². The number of fused-ring (bicyclic) bond motifs is 1.